The molecule has 17 heavy (non-hydrogen) atoms. The fourth-order valence-corrected chi connectivity index (χ4v) is 4.38. The van der Waals surface area contributed by atoms with Gasteiger partial charge in [0.15, 0.2) is 0 Å². The molecule has 0 aliphatic carbocycles. The first-order valence-corrected chi connectivity index (χ1v) is 11.0. The molecule has 0 radical (unpaired) electrons. The predicted octanol–water partition coefficient (Wildman–Crippen LogP) is 2.99. The van der Waals surface area contributed by atoms with Gasteiger partial charge in [-0.15, -0.1) is 18.9 Å². The third-order valence-electron chi connectivity index (χ3n) is 3.33. The summed E-state index contributed by atoms with van der Waals surface area (Å²) in [5, 5.41) is 1.50. The van der Waals surface area contributed by atoms with Gasteiger partial charge in [-0.1, -0.05) is 55.2 Å². The van der Waals surface area contributed by atoms with Crippen molar-refractivity contribution in [1.82, 2.24) is 0 Å². The van der Waals surface area contributed by atoms with E-state index in [1.165, 1.54) is 17.2 Å². The average Bonchev–Trinajstić information content (AvgIpc) is 2.29. The lowest BCUT2D eigenvalue weighted by atomic mass is 10.1. The molecule has 1 unspecified atom stereocenters. The van der Waals surface area contributed by atoms with Gasteiger partial charge in [-0.3, -0.25) is 0 Å². The molecule has 0 aromatic heterocycles. The number of benzene rings is 1. The maximum Gasteiger partial charge on any atom is 0.103 e. The Kier molecular flexibility index (Phi) is 5.15. The third-order valence-corrected chi connectivity index (χ3v) is 7.58. The van der Waals surface area contributed by atoms with Gasteiger partial charge in [0.05, 0.1) is 0 Å². The molecule has 1 atom stereocenters. The van der Waals surface area contributed by atoms with Crippen LogP contribution in [0.5, 0.6) is 0 Å². The second kappa shape index (κ2) is 6.17. The molecule has 1 aromatic carbocycles. The van der Waals surface area contributed by atoms with Gasteiger partial charge in [-0.05, 0) is 17.5 Å². The zero-order chi connectivity index (χ0) is 12.9. The monoisotopic (exact) mass is 260 g/mol. The molecule has 92 valence electrons. The lowest BCUT2D eigenvalue weighted by Gasteiger charge is -2.19. The van der Waals surface area contributed by atoms with E-state index in [0.717, 1.165) is 5.54 Å². The summed E-state index contributed by atoms with van der Waals surface area (Å²) in [6, 6.07) is 9.10. The average molecular weight is 261 g/mol. The van der Waals surface area contributed by atoms with Crippen LogP contribution in [0.1, 0.15) is 12.5 Å². The molecule has 0 saturated carbocycles. The van der Waals surface area contributed by atoms with Crippen LogP contribution in [0.25, 0.3) is 0 Å². The molecule has 0 saturated heterocycles. The Bertz CT molecular complexity index is 394. The van der Waals surface area contributed by atoms with Crippen molar-refractivity contribution in [3.8, 4) is 0 Å². The first kappa shape index (κ1) is 14.2. The van der Waals surface area contributed by atoms with Gasteiger partial charge in [0.25, 0.3) is 0 Å². The number of hydrogen-bond acceptors (Lipinski definition) is 0. The van der Waals surface area contributed by atoms with Gasteiger partial charge in [-0.2, -0.15) is 0 Å². The Labute approximate surface area is 109 Å². The second-order valence-electron chi connectivity index (χ2n) is 5.46. The van der Waals surface area contributed by atoms with E-state index < -0.39 is 8.07 Å². The molecular formula is C15H24Si2. The SMILES string of the molecule is C=C[SiH2]C(C)Cc1cccc([Si](C)(C)C=C)c1. The minimum absolute atomic E-state index is 0.0943. The van der Waals surface area contributed by atoms with Crippen molar-refractivity contribution in [2.45, 2.75) is 32.0 Å². The normalized spacial score (nSPS) is 13.8. The van der Waals surface area contributed by atoms with Crippen molar-refractivity contribution in [3.05, 3.63) is 54.4 Å². The molecule has 0 heterocycles. The van der Waals surface area contributed by atoms with E-state index in [2.05, 4.69) is 68.8 Å². The van der Waals surface area contributed by atoms with E-state index in [-0.39, 0.29) is 9.52 Å². The third kappa shape index (κ3) is 4.13. The molecule has 0 aliphatic heterocycles. The summed E-state index contributed by atoms with van der Waals surface area (Å²) in [4.78, 5) is 0. The lowest BCUT2D eigenvalue weighted by Crippen LogP contribution is -2.39. The van der Waals surface area contributed by atoms with Crippen molar-refractivity contribution in [3.63, 3.8) is 0 Å². The van der Waals surface area contributed by atoms with Gasteiger partial charge in [0, 0.05) is 9.52 Å². The minimum atomic E-state index is -1.40. The summed E-state index contributed by atoms with van der Waals surface area (Å²) >= 11 is 0. The molecule has 0 bridgehead atoms. The van der Waals surface area contributed by atoms with Crippen LogP contribution in [0, 0.1) is 0 Å². The highest BCUT2D eigenvalue weighted by molar-refractivity contribution is 6.93. The van der Waals surface area contributed by atoms with Crippen molar-refractivity contribution >= 4 is 22.8 Å². The summed E-state index contributed by atoms with van der Waals surface area (Å²) in [7, 11) is -1.49. The zero-order valence-electron chi connectivity index (χ0n) is 11.4. The fraction of sp³-hybridized carbons (Fsp3) is 0.333. The van der Waals surface area contributed by atoms with E-state index in [0.29, 0.717) is 0 Å². The maximum atomic E-state index is 3.98. The van der Waals surface area contributed by atoms with Crippen LogP contribution in [0.3, 0.4) is 0 Å². The summed E-state index contributed by atoms with van der Waals surface area (Å²) in [6.45, 7) is 14.9. The predicted molar refractivity (Wildman–Crippen MR) is 85.6 cm³/mol. The minimum Gasteiger partial charge on any atom is -0.108 e. The Balaban J connectivity index is 2.86. The molecule has 2 heteroatoms. The highest BCUT2D eigenvalue weighted by Gasteiger charge is 2.19. The fourth-order valence-electron chi connectivity index (χ4n) is 1.99. The number of hydrogen-bond donors (Lipinski definition) is 0. The highest BCUT2D eigenvalue weighted by atomic mass is 28.3. The molecule has 1 rings (SSSR count). The molecule has 1 aromatic rings. The van der Waals surface area contributed by atoms with Gasteiger partial charge in [-0.25, -0.2) is 0 Å². The highest BCUT2D eigenvalue weighted by Crippen LogP contribution is 2.13. The lowest BCUT2D eigenvalue weighted by molar-refractivity contribution is 0.909. The van der Waals surface area contributed by atoms with E-state index in [1.54, 1.807) is 0 Å². The summed E-state index contributed by atoms with van der Waals surface area (Å²) < 4.78 is 0. The first-order valence-electron chi connectivity index (χ1n) is 6.33. The molecule has 0 spiro atoms. The Hall–Kier alpha value is -0.866. The van der Waals surface area contributed by atoms with Crippen LogP contribution < -0.4 is 5.19 Å². The van der Waals surface area contributed by atoms with E-state index in [1.807, 2.05) is 0 Å². The van der Waals surface area contributed by atoms with E-state index in [9.17, 15) is 0 Å². The molecule has 0 fully saturated rings. The Morgan fingerprint density at radius 2 is 2.06 bits per heavy atom. The van der Waals surface area contributed by atoms with Crippen molar-refractivity contribution in [1.29, 1.82) is 0 Å². The molecule has 0 aliphatic rings. The van der Waals surface area contributed by atoms with E-state index in [4.69, 9.17) is 0 Å². The Morgan fingerprint density at radius 1 is 1.35 bits per heavy atom. The van der Waals surface area contributed by atoms with Crippen LogP contribution in [-0.4, -0.2) is 17.6 Å². The van der Waals surface area contributed by atoms with Crippen LogP contribution in [0.2, 0.25) is 18.6 Å². The van der Waals surface area contributed by atoms with Crippen molar-refractivity contribution in [2.24, 2.45) is 0 Å². The summed E-state index contributed by atoms with van der Waals surface area (Å²) in [5.74, 6) is 0. The van der Waals surface area contributed by atoms with Gasteiger partial charge < -0.3 is 0 Å². The van der Waals surface area contributed by atoms with Crippen LogP contribution in [0.15, 0.2) is 48.8 Å². The first-order chi connectivity index (χ1) is 7.99. The summed E-state index contributed by atoms with van der Waals surface area (Å²) in [5.41, 5.74) is 6.60. The Morgan fingerprint density at radius 3 is 2.65 bits per heavy atom. The smallest absolute Gasteiger partial charge is 0.103 e. The molecular weight excluding hydrogens is 236 g/mol. The van der Waals surface area contributed by atoms with Crippen molar-refractivity contribution in [2.75, 3.05) is 0 Å². The maximum absolute atomic E-state index is 3.98. The molecule has 0 nitrogen and oxygen atoms in total. The molecule has 0 amide bonds. The van der Waals surface area contributed by atoms with Gasteiger partial charge in [0.2, 0.25) is 0 Å². The zero-order valence-corrected chi connectivity index (χ0v) is 13.8. The second-order valence-corrected chi connectivity index (χ2v) is 12.3. The van der Waals surface area contributed by atoms with Gasteiger partial charge >= 0.3 is 0 Å². The standard InChI is InChI=1S/C15H24Si2/c1-6-16-13(3)11-14-9-8-10-15(12-14)17(4,5)7-2/h6-10,12-13H,1-2,11,16H2,3-5H3. The van der Waals surface area contributed by atoms with Crippen LogP contribution in [0.4, 0.5) is 0 Å². The van der Waals surface area contributed by atoms with Gasteiger partial charge in [0.1, 0.15) is 8.07 Å². The van der Waals surface area contributed by atoms with Crippen LogP contribution >= 0.6 is 0 Å². The van der Waals surface area contributed by atoms with Crippen LogP contribution in [-0.2, 0) is 6.42 Å². The summed E-state index contributed by atoms with van der Waals surface area (Å²) in [6.07, 6.45) is 1.20. The van der Waals surface area contributed by atoms with Crippen molar-refractivity contribution < 1.29 is 0 Å². The molecule has 0 N–H and O–H groups in total. The number of rotatable bonds is 6. The quantitative estimate of drug-likeness (QED) is 0.690. The largest absolute Gasteiger partial charge is 0.108 e. The topological polar surface area (TPSA) is 0 Å². The van der Waals surface area contributed by atoms with E-state index >= 15 is 0 Å².